The van der Waals surface area contributed by atoms with Gasteiger partial charge in [-0.05, 0) is 31.6 Å². The topological polar surface area (TPSA) is 76.0 Å². The van der Waals surface area contributed by atoms with Crippen LogP contribution in [0.25, 0.3) is 0 Å². The van der Waals surface area contributed by atoms with Gasteiger partial charge in [-0.15, -0.1) is 0 Å². The molecule has 0 saturated heterocycles. The molecule has 2 N–H and O–H groups in total. The minimum atomic E-state index is -3.39. The van der Waals surface area contributed by atoms with Gasteiger partial charge in [-0.1, -0.05) is 6.42 Å². The molecule has 1 aromatic heterocycles. The molecule has 2 aliphatic rings. The molecule has 20 heavy (non-hydrogen) atoms. The van der Waals surface area contributed by atoms with Crippen LogP contribution in [0.4, 0.5) is 0 Å². The molecular weight excluding hydrogens is 276 g/mol. The summed E-state index contributed by atoms with van der Waals surface area (Å²) in [6.07, 6.45) is 9.03. The second kappa shape index (κ2) is 5.83. The molecule has 7 heteroatoms. The van der Waals surface area contributed by atoms with E-state index in [1.54, 1.807) is 10.9 Å². The van der Waals surface area contributed by atoms with Crippen LogP contribution in [0.15, 0.2) is 17.3 Å². The molecule has 3 rings (SSSR count). The molecule has 0 amide bonds. The molecule has 1 aromatic rings. The number of hydrogen-bond donors (Lipinski definition) is 2. The second-order valence-corrected chi connectivity index (χ2v) is 7.58. The summed E-state index contributed by atoms with van der Waals surface area (Å²) in [7, 11) is -3.39. The van der Waals surface area contributed by atoms with Gasteiger partial charge in [0.15, 0.2) is 0 Å². The first-order chi connectivity index (χ1) is 9.63. The zero-order chi connectivity index (χ0) is 14.0. The summed E-state index contributed by atoms with van der Waals surface area (Å²) in [4.78, 5) is 0.267. The van der Waals surface area contributed by atoms with Crippen LogP contribution in [0.5, 0.6) is 0 Å². The second-order valence-electron chi connectivity index (χ2n) is 5.82. The Bertz CT molecular complexity index is 546. The van der Waals surface area contributed by atoms with Crippen LogP contribution in [0, 0.1) is 5.92 Å². The van der Waals surface area contributed by atoms with Crippen molar-refractivity contribution in [2.24, 2.45) is 5.92 Å². The van der Waals surface area contributed by atoms with E-state index in [0.29, 0.717) is 25.0 Å². The van der Waals surface area contributed by atoms with Gasteiger partial charge in [0.2, 0.25) is 10.0 Å². The number of hydrogen-bond acceptors (Lipinski definition) is 4. The summed E-state index contributed by atoms with van der Waals surface area (Å²) in [5, 5.41) is 7.50. The fourth-order valence-electron chi connectivity index (χ4n) is 2.28. The lowest BCUT2D eigenvalue weighted by Crippen LogP contribution is -2.32. The molecule has 0 spiro atoms. The maximum Gasteiger partial charge on any atom is 0.243 e. The van der Waals surface area contributed by atoms with E-state index in [4.69, 9.17) is 0 Å². The van der Waals surface area contributed by atoms with Crippen LogP contribution >= 0.6 is 0 Å². The molecule has 0 bridgehead atoms. The van der Waals surface area contributed by atoms with Crippen molar-refractivity contribution in [1.82, 2.24) is 19.8 Å². The first kappa shape index (κ1) is 14.0. The van der Waals surface area contributed by atoms with E-state index in [-0.39, 0.29) is 4.90 Å². The van der Waals surface area contributed by atoms with Gasteiger partial charge in [0.05, 0.1) is 12.7 Å². The largest absolute Gasteiger partial charge is 0.312 e. The summed E-state index contributed by atoms with van der Waals surface area (Å²) in [5.41, 5.74) is 0. The van der Waals surface area contributed by atoms with Crippen molar-refractivity contribution in [2.75, 3.05) is 13.1 Å². The maximum absolute atomic E-state index is 12.1. The summed E-state index contributed by atoms with van der Waals surface area (Å²) in [5.74, 6) is 0.516. The lowest BCUT2D eigenvalue weighted by atomic mass is 9.86. The molecule has 2 aliphatic carbocycles. The smallest absolute Gasteiger partial charge is 0.243 e. The standard InChI is InChI=1S/C13H22N4O2S/c18-20(19,16-8-11-2-1-3-11)13-9-15-17(10-13)7-6-14-12-4-5-12/h9-12,14,16H,1-8H2. The van der Waals surface area contributed by atoms with E-state index in [1.807, 2.05) is 0 Å². The van der Waals surface area contributed by atoms with Crippen molar-refractivity contribution in [1.29, 1.82) is 0 Å². The van der Waals surface area contributed by atoms with Crippen LogP contribution in [0.3, 0.4) is 0 Å². The molecule has 1 heterocycles. The van der Waals surface area contributed by atoms with E-state index >= 15 is 0 Å². The Morgan fingerprint density at radius 1 is 1.30 bits per heavy atom. The fourth-order valence-corrected chi connectivity index (χ4v) is 3.35. The average molecular weight is 298 g/mol. The van der Waals surface area contributed by atoms with Crippen molar-refractivity contribution in [3.05, 3.63) is 12.4 Å². The zero-order valence-corrected chi connectivity index (χ0v) is 12.4. The minimum absolute atomic E-state index is 0.267. The van der Waals surface area contributed by atoms with E-state index in [0.717, 1.165) is 19.4 Å². The minimum Gasteiger partial charge on any atom is -0.312 e. The number of sulfonamides is 1. The van der Waals surface area contributed by atoms with Crippen LogP contribution in [0.1, 0.15) is 32.1 Å². The van der Waals surface area contributed by atoms with Gasteiger partial charge < -0.3 is 5.32 Å². The third-order valence-electron chi connectivity index (χ3n) is 4.06. The number of nitrogens with one attached hydrogen (secondary N) is 2. The molecule has 0 radical (unpaired) electrons. The lowest BCUT2D eigenvalue weighted by Gasteiger charge is -2.25. The van der Waals surface area contributed by atoms with E-state index in [9.17, 15) is 8.42 Å². The van der Waals surface area contributed by atoms with Gasteiger partial charge in [-0.2, -0.15) is 5.10 Å². The predicted molar refractivity (Wildman–Crippen MR) is 75.8 cm³/mol. The Morgan fingerprint density at radius 2 is 2.10 bits per heavy atom. The highest BCUT2D eigenvalue weighted by Crippen LogP contribution is 2.25. The molecule has 0 atom stereocenters. The van der Waals surface area contributed by atoms with Gasteiger partial charge in [-0.3, -0.25) is 4.68 Å². The SMILES string of the molecule is O=S(=O)(NCC1CCC1)c1cnn(CCNC2CC2)c1. The Balaban J connectivity index is 1.50. The number of rotatable bonds is 8. The van der Waals surface area contributed by atoms with Gasteiger partial charge in [-0.25, -0.2) is 13.1 Å². The molecular formula is C13H22N4O2S. The lowest BCUT2D eigenvalue weighted by molar-refractivity contribution is 0.316. The highest BCUT2D eigenvalue weighted by atomic mass is 32.2. The third kappa shape index (κ3) is 3.59. The van der Waals surface area contributed by atoms with Crippen LogP contribution in [-0.2, 0) is 16.6 Å². The summed E-state index contributed by atoms with van der Waals surface area (Å²) < 4.78 is 28.6. The number of nitrogens with zero attached hydrogens (tertiary/aromatic N) is 2. The predicted octanol–water partition coefficient (Wildman–Crippen LogP) is 0.713. The Kier molecular flexibility index (Phi) is 4.09. The molecule has 112 valence electrons. The van der Waals surface area contributed by atoms with Crippen molar-refractivity contribution in [3.8, 4) is 0 Å². The molecule has 0 aromatic carbocycles. The Morgan fingerprint density at radius 3 is 2.75 bits per heavy atom. The van der Waals surface area contributed by atoms with E-state index in [1.165, 1.54) is 25.5 Å². The highest BCUT2D eigenvalue weighted by molar-refractivity contribution is 7.89. The van der Waals surface area contributed by atoms with Crippen LogP contribution < -0.4 is 10.0 Å². The van der Waals surface area contributed by atoms with Gasteiger partial charge in [0.1, 0.15) is 4.90 Å². The molecule has 2 saturated carbocycles. The summed E-state index contributed by atoms with van der Waals surface area (Å²) >= 11 is 0. The highest BCUT2D eigenvalue weighted by Gasteiger charge is 2.22. The summed E-state index contributed by atoms with van der Waals surface area (Å²) in [6, 6.07) is 0.665. The van der Waals surface area contributed by atoms with Crippen LogP contribution in [0.2, 0.25) is 0 Å². The van der Waals surface area contributed by atoms with Gasteiger partial charge in [0.25, 0.3) is 0 Å². The monoisotopic (exact) mass is 298 g/mol. The average Bonchev–Trinajstić information content (AvgIpc) is 3.03. The van der Waals surface area contributed by atoms with E-state index in [2.05, 4.69) is 15.1 Å². The van der Waals surface area contributed by atoms with Gasteiger partial charge >= 0.3 is 0 Å². The first-order valence-corrected chi connectivity index (χ1v) is 8.87. The Hall–Kier alpha value is -0.920. The maximum atomic E-state index is 12.1. The van der Waals surface area contributed by atoms with Crippen molar-refractivity contribution < 1.29 is 8.42 Å². The third-order valence-corrected chi connectivity index (χ3v) is 5.44. The van der Waals surface area contributed by atoms with Crippen molar-refractivity contribution >= 4 is 10.0 Å². The molecule has 0 aliphatic heterocycles. The summed E-state index contributed by atoms with van der Waals surface area (Å²) in [6.45, 7) is 2.09. The molecule has 0 unspecified atom stereocenters. The van der Waals surface area contributed by atoms with Crippen LogP contribution in [-0.4, -0.2) is 37.3 Å². The van der Waals surface area contributed by atoms with E-state index < -0.39 is 10.0 Å². The fraction of sp³-hybridized carbons (Fsp3) is 0.769. The quantitative estimate of drug-likeness (QED) is 0.741. The molecule has 2 fully saturated rings. The normalized spacial score (nSPS) is 20.0. The van der Waals surface area contributed by atoms with Crippen molar-refractivity contribution in [2.45, 2.75) is 49.6 Å². The van der Waals surface area contributed by atoms with Crippen molar-refractivity contribution in [3.63, 3.8) is 0 Å². The number of aromatic nitrogens is 2. The zero-order valence-electron chi connectivity index (χ0n) is 11.6. The Labute approximate surface area is 120 Å². The molecule has 6 nitrogen and oxygen atoms in total. The van der Waals surface area contributed by atoms with Gasteiger partial charge in [0, 0.05) is 25.3 Å². The first-order valence-electron chi connectivity index (χ1n) is 7.39.